The lowest BCUT2D eigenvalue weighted by Gasteiger charge is -2.16. The second-order valence-electron chi connectivity index (χ2n) is 7.31. The lowest BCUT2D eigenvalue weighted by molar-refractivity contribution is 0.243. The Morgan fingerprint density at radius 1 is 1.30 bits per heavy atom. The van der Waals surface area contributed by atoms with Crippen LogP contribution in [-0.2, 0) is 17.7 Å². The van der Waals surface area contributed by atoms with E-state index >= 15 is 0 Å². The van der Waals surface area contributed by atoms with Crippen molar-refractivity contribution in [2.45, 2.75) is 38.8 Å². The van der Waals surface area contributed by atoms with Crippen LogP contribution in [0.2, 0.25) is 0 Å². The maximum absolute atomic E-state index is 11.1. The van der Waals surface area contributed by atoms with Gasteiger partial charge in [0.15, 0.2) is 0 Å². The largest absolute Gasteiger partial charge is 0.760 e. The van der Waals surface area contributed by atoms with Crippen molar-refractivity contribution in [3.05, 3.63) is 59.3 Å². The maximum Gasteiger partial charge on any atom is 0.147 e. The molecule has 0 bridgehead atoms. The second-order valence-corrected chi connectivity index (χ2v) is 9.04. The molecule has 4 rings (SSSR count). The summed E-state index contributed by atoms with van der Waals surface area (Å²) in [6.07, 6.45) is 3.31. The molecule has 6 nitrogen and oxygen atoms in total. The zero-order chi connectivity index (χ0) is 21.3. The Kier molecular flexibility index (Phi) is 5.97. The van der Waals surface area contributed by atoms with Crippen LogP contribution in [0, 0.1) is 11.3 Å². The number of fused-ring (bicyclic) bond motifs is 1. The van der Waals surface area contributed by atoms with Crippen LogP contribution in [0.1, 0.15) is 43.0 Å². The molecule has 2 unspecified atom stereocenters. The van der Waals surface area contributed by atoms with E-state index in [-0.39, 0.29) is 12.1 Å². The molecule has 1 aliphatic rings. The molecule has 1 aliphatic carbocycles. The van der Waals surface area contributed by atoms with Gasteiger partial charge in [0.25, 0.3) is 0 Å². The van der Waals surface area contributed by atoms with Crippen molar-refractivity contribution in [1.29, 1.82) is 5.26 Å². The molecule has 0 saturated carbocycles. The zero-order valence-corrected chi connectivity index (χ0v) is 18.2. The van der Waals surface area contributed by atoms with Crippen LogP contribution in [0.4, 0.5) is 0 Å². The first-order valence-electron chi connectivity index (χ1n) is 9.61. The summed E-state index contributed by atoms with van der Waals surface area (Å²) in [5.41, 5.74) is 4.52. The maximum atomic E-state index is 11.1. The van der Waals surface area contributed by atoms with Crippen molar-refractivity contribution in [3.8, 4) is 32.8 Å². The Morgan fingerprint density at radius 3 is 2.80 bits per heavy atom. The van der Waals surface area contributed by atoms with Gasteiger partial charge >= 0.3 is 0 Å². The van der Waals surface area contributed by atoms with Crippen LogP contribution >= 0.6 is 11.3 Å². The highest BCUT2D eigenvalue weighted by molar-refractivity contribution is 7.77. The summed E-state index contributed by atoms with van der Waals surface area (Å²) in [5.74, 6) is 0.552. The molecule has 0 fully saturated rings. The fourth-order valence-corrected chi connectivity index (χ4v) is 5.27. The molecular weight excluding hydrogens is 418 g/mol. The Labute approximate surface area is 182 Å². The van der Waals surface area contributed by atoms with Crippen molar-refractivity contribution < 1.29 is 13.5 Å². The molecule has 30 heavy (non-hydrogen) atoms. The van der Waals surface area contributed by atoms with E-state index in [9.17, 15) is 14.0 Å². The molecular formula is C22H20N3O3S2-. The predicted molar refractivity (Wildman–Crippen MR) is 117 cm³/mol. The van der Waals surface area contributed by atoms with E-state index < -0.39 is 11.3 Å². The Hall–Kier alpha value is -2.57. The van der Waals surface area contributed by atoms with E-state index in [0.717, 1.165) is 45.0 Å². The molecule has 0 radical (unpaired) electrons. The predicted octanol–water partition coefficient (Wildman–Crippen LogP) is 4.51. The van der Waals surface area contributed by atoms with Gasteiger partial charge in [0.05, 0.1) is 22.1 Å². The SMILES string of the molecule is CC(C)Oc1c(C#N)cccc1-c1ncc(-c2cccc3c2CCC3NS(=O)[O-])s1. The fraction of sp³-hybridized carbons (Fsp3) is 0.273. The lowest BCUT2D eigenvalue weighted by atomic mass is 10.0. The Balaban J connectivity index is 1.73. The third kappa shape index (κ3) is 4.02. The summed E-state index contributed by atoms with van der Waals surface area (Å²) < 4.78 is 30.7. The van der Waals surface area contributed by atoms with Crippen molar-refractivity contribution in [2.75, 3.05) is 0 Å². The number of rotatable bonds is 6. The number of nitriles is 1. The van der Waals surface area contributed by atoms with Gasteiger partial charge in [0.2, 0.25) is 0 Å². The minimum Gasteiger partial charge on any atom is -0.760 e. The highest BCUT2D eigenvalue weighted by Crippen LogP contribution is 2.42. The van der Waals surface area contributed by atoms with Crippen LogP contribution in [0.5, 0.6) is 5.75 Å². The van der Waals surface area contributed by atoms with E-state index in [0.29, 0.717) is 11.3 Å². The van der Waals surface area contributed by atoms with E-state index in [1.807, 2.05) is 50.4 Å². The first-order valence-corrected chi connectivity index (χ1v) is 11.5. The number of nitrogens with zero attached hydrogens (tertiary/aromatic N) is 2. The summed E-state index contributed by atoms with van der Waals surface area (Å²) in [5, 5.41) is 10.3. The van der Waals surface area contributed by atoms with Crippen LogP contribution in [0.3, 0.4) is 0 Å². The van der Waals surface area contributed by atoms with Gasteiger partial charge in [-0.2, -0.15) is 5.26 Å². The number of thiazole rings is 1. The van der Waals surface area contributed by atoms with Crippen LogP contribution in [0.25, 0.3) is 21.0 Å². The van der Waals surface area contributed by atoms with E-state index in [4.69, 9.17) is 4.74 Å². The molecule has 154 valence electrons. The van der Waals surface area contributed by atoms with Crippen molar-refractivity contribution in [1.82, 2.24) is 9.71 Å². The van der Waals surface area contributed by atoms with Crippen LogP contribution < -0.4 is 9.46 Å². The summed E-state index contributed by atoms with van der Waals surface area (Å²) >= 11 is -0.758. The van der Waals surface area contributed by atoms with E-state index in [1.54, 1.807) is 6.07 Å². The molecule has 0 spiro atoms. The third-order valence-corrected chi connectivity index (χ3v) is 6.54. The van der Waals surface area contributed by atoms with Gasteiger partial charge in [-0.3, -0.25) is 4.21 Å². The standard InChI is InChI=1S/C22H21N3O3S2/c1-13(2)28-21-14(11-23)5-3-8-18(21)22-24-12-20(29-22)17-7-4-6-16-15(17)9-10-19(16)25-30(26)27/h3-8,12-13,19,25H,9-10H2,1-2H3,(H,26,27)/p-1. The third-order valence-electron chi connectivity index (χ3n) is 5.00. The zero-order valence-electron chi connectivity index (χ0n) is 16.5. The van der Waals surface area contributed by atoms with Crippen LogP contribution in [0.15, 0.2) is 42.6 Å². The van der Waals surface area contributed by atoms with Gasteiger partial charge in [-0.05, 0) is 55.5 Å². The number of aromatic nitrogens is 1. The van der Waals surface area contributed by atoms with Gasteiger partial charge in [-0.1, -0.05) is 24.3 Å². The summed E-state index contributed by atoms with van der Waals surface area (Å²) in [6.45, 7) is 3.86. The van der Waals surface area contributed by atoms with Crippen molar-refractivity contribution >= 4 is 22.6 Å². The van der Waals surface area contributed by atoms with Gasteiger partial charge in [0, 0.05) is 23.5 Å². The summed E-state index contributed by atoms with van der Waals surface area (Å²) in [4.78, 5) is 5.62. The fourth-order valence-electron chi connectivity index (χ4n) is 3.80. The topological polar surface area (TPSA) is 98.1 Å². The average Bonchev–Trinajstić information content (AvgIpc) is 3.35. The van der Waals surface area contributed by atoms with Gasteiger partial charge < -0.3 is 9.29 Å². The molecule has 2 atom stereocenters. The summed E-state index contributed by atoms with van der Waals surface area (Å²) in [7, 11) is 0. The van der Waals surface area contributed by atoms with Gasteiger partial charge in [0.1, 0.15) is 16.8 Å². The molecule has 0 amide bonds. The molecule has 0 saturated heterocycles. The molecule has 3 aromatic rings. The number of nitrogens with one attached hydrogen (secondary N) is 1. The highest BCUT2D eigenvalue weighted by atomic mass is 32.2. The van der Waals surface area contributed by atoms with E-state index in [1.165, 1.54) is 11.3 Å². The van der Waals surface area contributed by atoms with Crippen molar-refractivity contribution in [3.63, 3.8) is 0 Å². The second kappa shape index (κ2) is 8.66. The molecule has 1 aromatic heterocycles. The number of hydrogen-bond donors (Lipinski definition) is 1. The molecule has 1 heterocycles. The quantitative estimate of drug-likeness (QED) is 0.571. The Morgan fingerprint density at radius 2 is 2.07 bits per heavy atom. The van der Waals surface area contributed by atoms with Crippen LogP contribution in [-0.4, -0.2) is 19.8 Å². The first-order chi connectivity index (χ1) is 14.5. The van der Waals surface area contributed by atoms with Crippen molar-refractivity contribution in [2.24, 2.45) is 0 Å². The average molecular weight is 439 g/mol. The lowest BCUT2D eigenvalue weighted by Crippen LogP contribution is -2.21. The monoisotopic (exact) mass is 438 g/mol. The first kappa shape index (κ1) is 20.7. The smallest absolute Gasteiger partial charge is 0.147 e. The number of ether oxygens (including phenoxy) is 1. The number of benzene rings is 2. The molecule has 0 aliphatic heterocycles. The normalized spacial score (nSPS) is 16.3. The number of para-hydroxylation sites is 1. The molecule has 2 aromatic carbocycles. The Bertz CT molecular complexity index is 1150. The minimum absolute atomic E-state index is 0.0638. The summed E-state index contributed by atoms with van der Waals surface area (Å²) in [6, 6.07) is 13.5. The number of hydrogen-bond acceptors (Lipinski definition) is 6. The van der Waals surface area contributed by atoms with Gasteiger partial charge in [-0.15, -0.1) is 11.3 Å². The van der Waals surface area contributed by atoms with E-state index in [2.05, 4.69) is 15.8 Å². The molecule has 8 heteroatoms. The highest BCUT2D eigenvalue weighted by Gasteiger charge is 2.26. The minimum atomic E-state index is -2.30. The van der Waals surface area contributed by atoms with Gasteiger partial charge in [-0.25, -0.2) is 9.71 Å². The molecule has 1 N–H and O–H groups in total.